The Hall–Kier alpha value is -2.77. The largest absolute Gasteiger partial charge is 0.460 e. The van der Waals surface area contributed by atoms with E-state index in [1.54, 1.807) is 24.3 Å². The summed E-state index contributed by atoms with van der Waals surface area (Å²) in [4.78, 5) is 25.9. The van der Waals surface area contributed by atoms with E-state index in [1.165, 1.54) is 18.0 Å². The minimum Gasteiger partial charge on any atom is -0.460 e. The molecule has 0 radical (unpaired) electrons. The average Bonchev–Trinajstić information content (AvgIpc) is 3.26. The van der Waals surface area contributed by atoms with E-state index >= 15 is 0 Å². The van der Waals surface area contributed by atoms with Crippen molar-refractivity contribution in [3.63, 3.8) is 0 Å². The second-order valence-electron chi connectivity index (χ2n) is 5.92. The lowest BCUT2D eigenvalue weighted by atomic mass is 10.3. The van der Waals surface area contributed by atoms with E-state index in [-0.39, 0.29) is 18.1 Å². The molecule has 0 fully saturated rings. The van der Waals surface area contributed by atoms with Crippen LogP contribution in [0.4, 0.5) is 5.69 Å². The van der Waals surface area contributed by atoms with E-state index in [4.69, 9.17) is 27.6 Å². The molecule has 140 valence electrons. The summed E-state index contributed by atoms with van der Waals surface area (Å²) >= 11 is 11.8. The first-order valence-electron chi connectivity index (χ1n) is 7.96. The van der Waals surface area contributed by atoms with Crippen LogP contribution in [0.2, 0.25) is 10.0 Å². The molecule has 0 unspecified atom stereocenters. The highest BCUT2D eigenvalue weighted by Gasteiger charge is 2.19. The van der Waals surface area contributed by atoms with Gasteiger partial charge in [-0.1, -0.05) is 23.2 Å². The number of anilines is 1. The fraction of sp³-hybridized carbons (Fsp3) is 0.167. The third-order valence-electron chi connectivity index (χ3n) is 3.73. The predicted octanol–water partition coefficient (Wildman–Crippen LogP) is 4.00. The molecule has 0 atom stereocenters. The third-order valence-corrected chi connectivity index (χ3v) is 4.47. The van der Waals surface area contributed by atoms with E-state index in [0.29, 0.717) is 27.2 Å². The molecule has 0 bridgehead atoms. The Balaban J connectivity index is 1.62. The maximum Gasteiger partial charge on any atom is 0.274 e. The van der Waals surface area contributed by atoms with E-state index in [0.717, 1.165) is 5.76 Å². The van der Waals surface area contributed by atoms with Crippen LogP contribution in [0.25, 0.3) is 11.5 Å². The molecule has 2 N–H and O–H groups in total. The Labute approximate surface area is 165 Å². The number of H-pyrrole nitrogens is 1. The highest BCUT2D eigenvalue weighted by molar-refractivity contribution is 6.42. The van der Waals surface area contributed by atoms with Gasteiger partial charge in [-0.25, -0.2) is 0 Å². The summed E-state index contributed by atoms with van der Waals surface area (Å²) in [7, 11) is 1.52. The molecule has 0 saturated carbocycles. The number of hydrogen-bond donors (Lipinski definition) is 2. The summed E-state index contributed by atoms with van der Waals surface area (Å²) in [5.41, 5.74) is 1.26. The lowest BCUT2D eigenvalue weighted by Crippen LogP contribution is -2.35. The van der Waals surface area contributed by atoms with Gasteiger partial charge in [-0.3, -0.25) is 14.7 Å². The van der Waals surface area contributed by atoms with E-state index in [2.05, 4.69) is 15.5 Å². The zero-order valence-electron chi connectivity index (χ0n) is 14.5. The van der Waals surface area contributed by atoms with Gasteiger partial charge in [-0.15, -0.1) is 0 Å². The topological polar surface area (TPSA) is 91.2 Å². The van der Waals surface area contributed by atoms with Gasteiger partial charge in [0.15, 0.2) is 11.5 Å². The van der Waals surface area contributed by atoms with Gasteiger partial charge in [0.1, 0.15) is 11.5 Å². The SMILES string of the molecule is Cc1ccc(-c2cc(C(=O)N(C)CC(=O)Nc3ccc(Cl)c(Cl)c3)n[nH]2)o1. The van der Waals surface area contributed by atoms with Crippen molar-refractivity contribution in [3.05, 3.63) is 57.9 Å². The van der Waals surface area contributed by atoms with Crippen molar-refractivity contribution in [3.8, 4) is 11.5 Å². The standard InChI is InChI=1S/C18H16Cl2N4O3/c1-10-3-6-16(27-10)14-8-15(23-22-14)18(26)24(2)9-17(25)21-11-4-5-12(19)13(20)7-11/h3-8H,9H2,1-2H3,(H,21,25)(H,22,23). The third kappa shape index (κ3) is 4.50. The van der Waals surface area contributed by atoms with E-state index in [9.17, 15) is 9.59 Å². The van der Waals surface area contributed by atoms with Gasteiger partial charge in [0.05, 0.1) is 16.6 Å². The first kappa shape index (κ1) is 19.0. The van der Waals surface area contributed by atoms with Crippen LogP contribution in [0.15, 0.2) is 40.8 Å². The molecule has 0 aliphatic rings. The lowest BCUT2D eigenvalue weighted by Gasteiger charge is -2.15. The molecule has 2 heterocycles. The van der Waals surface area contributed by atoms with Crippen molar-refractivity contribution in [2.75, 3.05) is 18.9 Å². The first-order chi connectivity index (χ1) is 12.8. The number of benzene rings is 1. The van der Waals surface area contributed by atoms with Crippen LogP contribution in [-0.2, 0) is 4.79 Å². The van der Waals surface area contributed by atoms with Crippen LogP contribution >= 0.6 is 23.2 Å². The average molecular weight is 407 g/mol. The molecule has 1 aromatic carbocycles. The molecule has 2 amide bonds. The Kier molecular flexibility index (Phi) is 5.53. The van der Waals surface area contributed by atoms with Gasteiger partial charge in [-0.05, 0) is 37.3 Å². The summed E-state index contributed by atoms with van der Waals surface area (Å²) in [6.45, 7) is 1.67. The van der Waals surface area contributed by atoms with Gasteiger partial charge in [-0.2, -0.15) is 5.10 Å². The summed E-state index contributed by atoms with van der Waals surface area (Å²) in [5, 5.41) is 10.1. The maximum atomic E-state index is 12.5. The van der Waals surface area contributed by atoms with Crippen molar-refractivity contribution in [1.29, 1.82) is 0 Å². The highest BCUT2D eigenvalue weighted by Crippen LogP contribution is 2.25. The summed E-state index contributed by atoms with van der Waals surface area (Å²) in [5.74, 6) is 0.564. The Morgan fingerprint density at radius 2 is 1.96 bits per heavy atom. The van der Waals surface area contributed by atoms with Crippen molar-refractivity contribution in [2.45, 2.75) is 6.92 Å². The number of likely N-dealkylation sites (N-methyl/N-ethyl adjacent to an activating group) is 1. The maximum absolute atomic E-state index is 12.5. The van der Waals surface area contributed by atoms with Gasteiger partial charge < -0.3 is 14.6 Å². The molecule has 2 aromatic heterocycles. The first-order valence-corrected chi connectivity index (χ1v) is 8.71. The van der Waals surface area contributed by atoms with Gasteiger partial charge in [0, 0.05) is 18.8 Å². The molecular formula is C18H16Cl2N4O3. The highest BCUT2D eigenvalue weighted by atomic mass is 35.5. The van der Waals surface area contributed by atoms with Crippen molar-refractivity contribution in [1.82, 2.24) is 15.1 Å². The molecule has 0 aliphatic carbocycles. The summed E-state index contributed by atoms with van der Waals surface area (Å²) in [6, 6.07) is 9.92. The molecule has 9 heteroatoms. The fourth-order valence-corrected chi connectivity index (χ4v) is 2.69. The normalized spacial score (nSPS) is 10.7. The molecule has 7 nitrogen and oxygen atoms in total. The summed E-state index contributed by atoms with van der Waals surface area (Å²) < 4.78 is 5.49. The Morgan fingerprint density at radius 1 is 1.19 bits per heavy atom. The zero-order valence-corrected chi connectivity index (χ0v) is 16.1. The summed E-state index contributed by atoms with van der Waals surface area (Å²) in [6.07, 6.45) is 0. The fourth-order valence-electron chi connectivity index (χ4n) is 2.39. The quantitative estimate of drug-likeness (QED) is 0.669. The number of nitrogens with zero attached hydrogens (tertiary/aromatic N) is 2. The minimum absolute atomic E-state index is 0.152. The minimum atomic E-state index is -0.398. The van der Waals surface area contributed by atoms with Crippen molar-refractivity contribution < 1.29 is 14.0 Å². The number of aromatic nitrogens is 2. The van der Waals surface area contributed by atoms with Crippen LogP contribution in [0.1, 0.15) is 16.2 Å². The smallest absolute Gasteiger partial charge is 0.274 e. The number of nitrogens with one attached hydrogen (secondary N) is 2. The number of aromatic amines is 1. The number of amides is 2. The number of carbonyl (C=O) groups is 2. The van der Waals surface area contributed by atoms with Crippen LogP contribution in [-0.4, -0.2) is 40.5 Å². The molecule has 3 rings (SSSR count). The molecular weight excluding hydrogens is 391 g/mol. The van der Waals surface area contributed by atoms with E-state index < -0.39 is 5.91 Å². The lowest BCUT2D eigenvalue weighted by molar-refractivity contribution is -0.116. The predicted molar refractivity (Wildman–Crippen MR) is 103 cm³/mol. The second-order valence-corrected chi connectivity index (χ2v) is 6.73. The molecule has 0 saturated heterocycles. The number of furan rings is 1. The molecule has 3 aromatic rings. The van der Waals surface area contributed by atoms with Gasteiger partial charge >= 0.3 is 0 Å². The van der Waals surface area contributed by atoms with Crippen LogP contribution < -0.4 is 5.32 Å². The number of rotatable bonds is 5. The van der Waals surface area contributed by atoms with Gasteiger partial charge in [0.25, 0.3) is 5.91 Å². The zero-order chi connectivity index (χ0) is 19.6. The van der Waals surface area contributed by atoms with Crippen LogP contribution in [0.5, 0.6) is 0 Å². The number of halogens is 2. The van der Waals surface area contributed by atoms with Crippen LogP contribution in [0.3, 0.4) is 0 Å². The Morgan fingerprint density at radius 3 is 2.63 bits per heavy atom. The molecule has 27 heavy (non-hydrogen) atoms. The van der Waals surface area contributed by atoms with E-state index in [1.807, 2.05) is 13.0 Å². The number of carbonyl (C=O) groups excluding carboxylic acids is 2. The number of hydrogen-bond acceptors (Lipinski definition) is 4. The number of aryl methyl sites for hydroxylation is 1. The second kappa shape index (κ2) is 7.85. The Bertz CT molecular complexity index is 996. The van der Waals surface area contributed by atoms with Crippen LogP contribution in [0, 0.1) is 6.92 Å². The van der Waals surface area contributed by atoms with Crippen molar-refractivity contribution in [2.24, 2.45) is 0 Å². The monoisotopic (exact) mass is 406 g/mol. The molecule has 0 spiro atoms. The van der Waals surface area contributed by atoms with Gasteiger partial charge in [0.2, 0.25) is 5.91 Å². The molecule has 0 aliphatic heterocycles. The van der Waals surface area contributed by atoms with Crippen molar-refractivity contribution >= 4 is 40.7 Å².